The summed E-state index contributed by atoms with van der Waals surface area (Å²) in [7, 11) is 1.60. The maximum absolute atomic E-state index is 12.1. The molecule has 2 aromatic carbocycles. The van der Waals surface area contributed by atoms with Gasteiger partial charge in [0.1, 0.15) is 11.5 Å². The van der Waals surface area contributed by atoms with Crippen molar-refractivity contribution >= 4 is 17.8 Å². The van der Waals surface area contributed by atoms with Gasteiger partial charge < -0.3 is 14.4 Å². The molecular formula is C25H33N3O3. The quantitative estimate of drug-likeness (QED) is 0.520. The van der Waals surface area contributed by atoms with Crippen molar-refractivity contribution in [2.24, 2.45) is 5.10 Å². The molecule has 1 atom stereocenters. The van der Waals surface area contributed by atoms with Crippen LogP contribution < -0.4 is 19.8 Å². The van der Waals surface area contributed by atoms with Crippen LogP contribution in [0.5, 0.6) is 11.5 Å². The standard InChI is InChI=1S/C25H33N3O3/c1-7-28-23-12-17(2)19(13-22(23)18(3)14-25(28,4)5)15-26-27-24(29)16-31-21-10-8-20(30-6)9-11-21/h8-13,15,18H,7,14,16H2,1-6H3,(H,27,29)/b26-15+/t18-/m0/s1. The second-order valence-corrected chi connectivity index (χ2v) is 8.69. The molecule has 0 unspecified atom stereocenters. The Labute approximate surface area is 185 Å². The monoisotopic (exact) mass is 423 g/mol. The number of fused-ring (bicyclic) bond motifs is 1. The third-order valence-electron chi connectivity index (χ3n) is 5.91. The number of hydrazone groups is 1. The third-order valence-corrected chi connectivity index (χ3v) is 5.91. The molecule has 0 aromatic heterocycles. The summed E-state index contributed by atoms with van der Waals surface area (Å²) in [5.74, 6) is 1.49. The van der Waals surface area contributed by atoms with Crippen LogP contribution in [-0.4, -0.2) is 37.9 Å². The van der Waals surface area contributed by atoms with Gasteiger partial charge in [0.05, 0.1) is 13.3 Å². The molecule has 31 heavy (non-hydrogen) atoms. The molecule has 1 aliphatic rings. The van der Waals surface area contributed by atoms with Crippen molar-refractivity contribution in [3.8, 4) is 11.5 Å². The molecule has 2 aromatic rings. The van der Waals surface area contributed by atoms with Gasteiger partial charge in [0.2, 0.25) is 0 Å². The molecule has 1 aliphatic heterocycles. The number of hydrogen-bond acceptors (Lipinski definition) is 5. The zero-order valence-electron chi connectivity index (χ0n) is 19.4. The van der Waals surface area contributed by atoms with E-state index in [4.69, 9.17) is 9.47 Å². The number of carbonyl (C=O) groups excluding carboxylic acids is 1. The number of amides is 1. The van der Waals surface area contributed by atoms with Gasteiger partial charge in [-0.25, -0.2) is 5.43 Å². The molecule has 1 heterocycles. The van der Waals surface area contributed by atoms with Crippen LogP contribution in [0.25, 0.3) is 0 Å². The van der Waals surface area contributed by atoms with Crippen LogP contribution in [0.2, 0.25) is 0 Å². The summed E-state index contributed by atoms with van der Waals surface area (Å²) in [6, 6.07) is 11.5. The first-order valence-electron chi connectivity index (χ1n) is 10.8. The fourth-order valence-electron chi connectivity index (χ4n) is 4.42. The van der Waals surface area contributed by atoms with Gasteiger partial charge in [0.25, 0.3) is 5.91 Å². The number of rotatable bonds is 7. The first kappa shape index (κ1) is 22.7. The van der Waals surface area contributed by atoms with E-state index in [0.717, 1.165) is 29.8 Å². The molecule has 6 heteroatoms. The SMILES string of the molecule is CCN1c2cc(C)c(/C=N/NC(=O)COc3ccc(OC)cc3)cc2[C@@H](C)CC1(C)C. The number of carbonyl (C=O) groups is 1. The molecule has 0 radical (unpaired) electrons. The summed E-state index contributed by atoms with van der Waals surface area (Å²) < 4.78 is 10.6. The van der Waals surface area contributed by atoms with E-state index < -0.39 is 0 Å². The van der Waals surface area contributed by atoms with Gasteiger partial charge in [-0.1, -0.05) is 6.92 Å². The Hall–Kier alpha value is -3.02. The Balaban J connectivity index is 1.64. The van der Waals surface area contributed by atoms with E-state index in [1.54, 1.807) is 37.6 Å². The average Bonchev–Trinajstić information content (AvgIpc) is 2.73. The lowest BCUT2D eigenvalue weighted by Gasteiger charge is -2.47. The van der Waals surface area contributed by atoms with Crippen molar-refractivity contribution in [3.05, 3.63) is 53.1 Å². The molecule has 1 amide bonds. The van der Waals surface area contributed by atoms with Gasteiger partial charge in [-0.05, 0) is 93.1 Å². The largest absolute Gasteiger partial charge is 0.497 e. The van der Waals surface area contributed by atoms with E-state index in [-0.39, 0.29) is 18.1 Å². The maximum Gasteiger partial charge on any atom is 0.277 e. The molecule has 0 bridgehead atoms. The number of anilines is 1. The van der Waals surface area contributed by atoms with Crippen LogP contribution >= 0.6 is 0 Å². The summed E-state index contributed by atoms with van der Waals surface area (Å²) >= 11 is 0. The van der Waals surface area contributed by atoms with Crippen molar-refractivity contribution in [1.82, 2.24) is 5.43 Å². The molecule has 0 spiro atoms. The molecule has 0 fully saturated rings. The fraction of sp³-hybridized carbons (Fsp3) is 0.440. The Morgan fingerprint density at radius 2 is 1.94 bits per heavy atom. The van der Waals surface area contributed by atoms with Gasteiger partial charge in [-0.3, -0.25) is 4.79 Å². The van der Waals surface area contributed by atoms with Gasteiger partial charge in [-0.15, -0.1) is 0 Å². The lowest BCUT2D eigenvalue weighted by atomic mass is 9.79. The predicted molar refractivity (Wildman–Crippen MR) is 126 cm³/mol. The first-order valence-corrected chi connectivity index (χ1v) is 10.8. The van der Waals surface area contributed by atoms with Crippen molar-refractivity contribution in [2.45, 2.75) is 52.5 Å². The first-order chi connectivity index (χ1) is 14.7. The molecule has 0 saturated heterocycles. The van der Waals surface area contributed by atoms with Gasteiger partial charge in [0, 0.05) is 17.8 Å². The number of benzene rings is 2. The van der Waals surface area contributed by atoms with Gasteiger partial charge in [-0.2, -0.15) is 5.10 Å². The van der Waals surface area contributed by atoms with Crippen LogP contribution in [0.1, 0.15) is 56.7 Å². The second-order valence-electron chi connectivity index (χ2n) is 8.69. The van der Waals surface area contributed by atoms with Crippen LogP contribution in [0.15, 0.2) is 41.5 Å². The van der Waals surface area contributed by atoms with E-state index in [1.807, 2.05) is 0 Å². The lowest BCUT2D eigenvalue weighted by molar-refractivity contribution is -0.123. The summed E-state index contributed by atoms with van der Waals surface area (Å²) in [6.07, 6.45) is 2.82. The van der Waals surface area contributed by atoms with E-state index >= 15 is 0 Å². The molecule has 0 saturated carbocycles. The van der Waals surface area contributed by atoms with Crippen molar-refractivity contribution in [1.29, 1.82) is 0 Å². The molecule has 0 aliphatic carbocycles. The molecule has 1 N–H and O–H groups in total. The molecular weight excluding hydrogens is 390 g/mol. The zero-order chi connectivity index (χ0) is 22.6. The normalized spacial score (nSPS) is 17.4. The number of ether oxygens (including phenoxy) is 2. The van der Waals surface area contributed by atoms with Crippen molar-refractivity contribution in [2.75, 3.05) is 25.2 Å². The summed E-state index contributed by atoms with van der Waals surface area (Å²) in [4.78, 5) is 14.6. The maximum atomic E-state index is 12.1. The number of methoxy groups -OCH3 is 1. The highest BCUT2D eigenvalue weighted by atomic mass is 16.5. The van der Waals surface area contributed by atoms with Crippen molar-refractivity contribution in [3.63, 3.8) is 0 Å². The number of aryl methyl sites for hydroxylation is 1. The number of nitrogens with one attached hydrogen (secondary N) is 1. The zero-order valence-corrected chi connectivity index (χ0v) is 19.4. The highest BCUT2D eigenvalue weighted by Gasteiger charge is 2.35. The average molecular weight is 424 g/mol. The van der Waals surface area contributed by atoms with Crippen LogP contribution in [0.3, 0.4) is 0 Å². The molecule has 6 nitrogen and oxygen atoms in total. The highest BCUT2D eigenvalue weighted by molar-refractivity contribution is 5.86. The topological polar surface area (TPSA) is 63.2 Å². The molecule has 166 valence electrons. The Morgan fingerprint density at radius 1 is 1.26 bits per heavy atom. The second kappa shape index (κ2) is 9.41. The Kier molecular flexibility index (Phi) is 6.88. The Morgan fingerprint density at radius 3 is 2.58 bits per heavy atom. The Bertz CT molecular complexity index is 951. The van der Waals surface area contributed by atoms with Gasteiger partial charge in [0.15, 0.2) is 6.61 Å². The minimum Gasteiger partial charge on any atom is -0.497 e. The summed E-state index contributed by atoms with van der Waals surface area (Å²) in [5, 5.41) is 4.15. The van der Waals surface area contributed by atoms with E-state index in [1.165, 1.54) is 11.3 Å². The fourth-order valence-corrected chi connectivity index (χ4v) is 4.42. The van der Waals surface area contributed by atoms with Gasteiger partial charge >= 0.3 is 0 Å². The lowest BCUT2D eigenvalue weighted by Crippen LogP contribution is -2.48. The highest BCUT2D eigenvalue weighted by Crippen LogP contribution is 2.43. The third kappa shape index (κ3) is 5.19. The number of hydrogen-bond donors (Lipinski definition) is 1. The van der Waals surface area contributed by atoms with E-state index in [0.29, 0.717) is 11.7 Å². The number of nitrogens with zero attached hydrogens (tertiary/aromatic N) is 2. The predicted octanol–water partition coefficient (Wildman–Crippen LogP) is 4.64. The van der Waals surface area contributed by atoms with E-state index in [9.17, 15) is 4.79 Å². The minimum atomic E-state index is -0.310. The van der Waals surface area contributed by atoms with Crippen LogP contribution in [-0.2, 0) is 4.79 Å². The summed E-state index contributed by atoms with van der Waals surface area (Å²) in [6.45, 7) is 12.1. The van der Waals surface area contributed by atoms with E-state index in [2.05, 4.69) is 62.2 Å². The smallest absolute Gasteiger partial charge is 0.277 e. The molecule has 3 rings (SSSR count). The van der Waals surface area contributed by atoms with Crippen LogP contribution in [0.4, 0.5) is 5.69 Å². The summed E-state index contributed by atoms with van der Waals surface area (Å²) in [5.41, 5.74) is 7.47. The van der Waals surface area contributed by atoms with Crippen molar-refractivity contribution < 1.29 is 14.3 Å². The minimum absolute atomic E-state index is 0.107. The van der Waals surface area contributed by atoms with Crippen LogP contribution in [0, 0.1) is 6.92 Å².